The molecule has 0 amide bonds. The summed E-state index contributed by atoms with van der Waals surface area (Å²) in [5.41, 5.74) is 0.843. The van der Waals surface area contributed by atoms with Gasteiger partial charge in [-0.05, 0) is 70.4 Å². The molecule has 25 nitrogen and oxygen atoms in total. The highest BCUT2D eigenvalue weighted by Gasteiger charge is 2.06. The Labute approximate surface area is 471 Å². The quantitative estimate of drug-likeness (QED) is 0.0316. The van der Waals surface area contributed by atoms with Crippen molar-refractivity contribution in [3.63, 3.8) is 0 Å². The van der Waals surface area contributed by atoms with Crippen molar-refractivity contribution >= 4 is 29.8 Å². The molecule has 0 aromatic heterocycles. The molecule has 0 heterocycles. The summed E-state index contributed by atoms with van der Waals surface area (Å²) in [6, 6.07) is 9.13. The van der Waals surface area contributed by atoms with Crippen molar-refractivity contribution in [3.05, 3.63) is 48.0 Å². The molecule has 0 saturated carbocycles. The maximum Gasteiger partial charge on any atom is 0.414 e. The number of hydrogen-bond acceptors (Lipinski definition) is 20. The third-order valence-corrected chi connectivity index (χ3v) is 10.1. The van der Waals surface area contributed by atoms with Gasteiger partial charge in [-0.2, -0.15) is 0 Å². The van der Waals surface area contributed by atoms with Crippen LogP contribution in [0.4, 0.5) is 0 Å². The predicted octanol–water partition coefficient (Wildman–Crippen LogP) is 0.547. The lowest BCUT2D eigenvalue weighted by molar-refractivity contribution is -0.159. The normalized spacial score (nSPS) is 10.3. The first-order valence-electron chi connectivity index (χ1n) is 27.4. The van der Waals surface area contributed by atoms with E-state index in [1.54, 1.807) is 12.1 Å². The number of hydrogen-bond donors (Lipinski definition) is 15. The van der Waals surface area contributed by atoms with Gasteiger partial charge in [0.1, 0.15) is 0 Å². The zero-order valence-electron chi connectivity index (χ0n) is 48.5. The van der Waals surface area contributed by atoms with Gasteiger partial charge >= 0.3 is 29.8 Å². The Bertz CT molecular complexity index is 1270. The molecule has 79 heavy (non-hydrogen) atoms. The van der Waals surface area contributed by atoms with Crippen LogP contribution in [0.3, 0.4) is 0 Å². The zero-order chi connectivity index (χ0) is 61.8. The van der Waals surface area contributed by atoms with Gasteiger partial charge in [0.05, 0.1) is 72.5 Å². The lowest BCUT2D eigenvalue weighted by Gasteiger charge is -2.19. The number of aliphatic hydroxyl groups excluding tert-OH is 10. The minimum atomic E-state index is -1.82. The summed E-state index contributed by atoms with van der Waals surface area (Å²) < 4.78 is 0. The van der Waals surface area contributed by atoms with Crippen molar-refractivity contribution in [2.24, 2.45) is 0 Å². The molecule has 1 rings (SSSR count). The second kappa shape index (κ2) is 75.8. The van der Waals surface area contributed by atoms with E-state index in [9.17, 15) is 14.4 Å². The van der Waals surface area contributed by atoms with Gasteiger partial charge in [0.15, 0.2) is 0 Å². The average Bonchev–Trinajstić information content (AvgIpc) is 3.41. The van der Waals surface area contributed by atoms with Crippen LogP contribution in [-0.4, -0.2) is 295 Å². The first-order valence-corrected chi connectivity index (χ1v) is 27.4. The maximum atomic E-state index is 10.2. The third-order valence-electron chi connectivity index (χ3n) is 10.1. The lowest BCUT2D eigenvalue weighted by atomic mass is 10.2. The molecule has 1 aromatic carbocycles. The van der Waals surface area contributed by atoms with Crippen LogP contribution in [0.5, 0.6) is 0 Å². The SMILES string of the molecule is CCCCN(CCO)CCO.CCCCN(CCO)CCO.CCCCN(CCO)CCO.CCCCN(CCO)CCO.CCCCN(CCO)CCO.O=C(O)/C=C/C(=O)O.O=C(O)C(=O)O.O=C(O)Cc1ccccc1. The Morgan fingerprint density at radius 3 is 0.646 bits per heavy atom. The smallest absolute Gasteiger partial charge is 0.414 e. The van der Waals surface area contributed by atoms with Gasteiger partial charge in [-0.3, -0.25) is 29.3 Å². The molecule has 0 fully saturated rings. The number of unbranched alkanes of at least 4 members (excludes halogenated alkanes) is 5. The highest BCUT2D eigenvalue weighted by molar-refractivity contribution is 6.27. The molecule has 15 N–H and O–H groups in total. The van der Waals surface area contributed by atoms with Gasteiger partial charge in [0.25, 0.3) is 0 Å². The summed E-state index contributed by atoms with van der Waals surface area (Å²) in [4.78, 5) is 57.8. The summed E-state index contributed by atoms with van der Waals surface area (Å²) >= 11 is 0. The van der Waals surface area contributed by atoms with Gasteiger partial charge in [0, 0.05) is 77.6 Å². The number of carboxylic acids is 5. The molecule has 0 radical (unpaired) electrons. The fourth-order valence-corrected chi connectivity index (χ4v) is 5.91. The van der Waals surface area contributed by atoms with Crippen molar-refractivity contribution in [2.75, 3.05) is 164 Å². The number of carboxylic acid groups (broad SMARTS) is 5. The van der Waals surface area contributed by atoms with E-state index < -0.39 is 29.8 Å². The van der Waals surface area contributed by atoms with E-state index in [0.717, 1.165) is 102 Å². The van der Waals surface area contributed by atoms with Crippen LogP contribution in [0, 0.1) is 0 Å². The number of nitrogens with zero attached hydrogens (tertiary/aromatic N) is 5. The molecule has 0 saturated heterocycles. The van der Waals surface area contributed by atoms with Crippen molar-refractivity contribution in [1.82, 2.24) is 24.5 Å². The van der Waals surface area contributed by atoms with E-state index >= 15 is 0 Å². The van der Waals surface area contributed by atoms with Gasteiger partial charge in [-0.1, -0.05) is 97.1 Å². The van der Waals surface area contributed by atoms with Crippen molar-refractivity contribution in [2.45, 2.75) is 105 Å². The zero-order valence-corrected chi connectivity index (χ0v) is 48.5. The summed E-state index contributed by atoms with van der Waals surface area (Å²) in [6.07, 6.45) is 12.7. The summed E-state index contributed by atoms with van der Waals surface area (Å²) in [5.74, 6) is -6.95. The maximum absolute atomic E-state index is 10.2. The van der Waals surface area contributed by atoms with Gasteiger partial charge in [-0.25, -0.2) is 19.2 Å². The number of carbonyl (C=O) groups is 5. The van der Waals surface area contributed by atoms with Crippen LogP contribution >= 0.6 is 0 Å². The Kier molecular flexibility index (Phi) is 84.9. The minimum Gasteiger partial charge on any atom is -0.481 e. The molecule has 0 bridgehead atoms. The molecule has 0 unspecified atom stereocenters. The largest absolute Gasteiger partial charge is 0.481 e. The Morgan fingerprint density at radius 2 is 0.519 bits per heavy atom. The number of rotatable bonds is 39. The van der Waals surface area contributed by atoms with Crippen LogP contribution in [0.2, 0.25) is 0 Å². The predicted molar refractivity (Wildman–Crippen MR) is 305 cm³/mol. The molecule has 470 valence electrons. The molecule has 25 heteroatoms. The monoisotopic (exact) mass is 1150 g/mol. The van der Waals surface area contributed by atoms with Gasteiger partial charge in [-0.15, -0.1) is 0 Å². The van der Waals surface area contributed by atoms with Crippen LogP contribution < -0.4 is 0 Å². The first kappa shape index (κ1) is 88.5. The second-order valence-corrected chi connectivity index (χ2v) is 16.9. The van der Waals surface area contributed by atoms with E-state index in [1.807, 2.05) is 18.2 Å². The third kappa shape index (κ3) is 85.2. The van der Waals surface area contributed by atoms with E-state index in [4.69, 9.17) is 86.2 Å². The van der Waals surface area contributed by atoms with E-state index in [2.05, 4.69) is 59.1 Å². The number of aliphatic hydroxyl groups is 10. The molecule has 0 aliphatic rings. The van der Waals surface area contributed by atoms with E-state index in [-0.39, 0.29) is 72.5 Å². The molecular weight excluding hydrogens is 1040 g/mol. The molecule has 0 atom stereocenters. The Morgan fingerprint density at radius 1 is 0.329 bits per heavy atom. The Hall–Kier alpha value is -4.29. The number of aliphatic carboxylic acids is 5. The van der Waals surface area contributed by atoms with E-state index in [0.29, 0.717) is 77.6 Å². The highest BCUT2D eigenvalue weighted by Crippen LogP contribution is 1.99. The second-order valence-electron chi connectivity index (χ2n) is 16.9. The highest BCUT2D eigenvalue weighted by atomic mass is 16.4. The molecular formula is C54H109N5O20. The lowest BCUT2D eigenvalue weighted by Crippen LogP contribution is -2.30. The van der Waals surface area contributed by atoms with Crippen LogP contribution in [-0.2, 0) is 30.4 Å². The molecule has 0 spiro atoms. The summed E-state index contributed by atoms with van der Waals surface area (Å²) in [7, 11) is 0. The van der Waals surface area contributed by atoms with Crippen LogP contribution in [0.15, 0.2) is 42.5 Å². The average molecular weight is 1150 g/mol. The fraction of sp³-hybridized carbons (Fsp3) is 0.759. The summed E-state index contributed by atoms with van der Waals surface area (Å²) in [6.45, 7) is 24.2. The van der Waals surface area contributed by atoms with Gasteiger partial charge in [0.2, 0.25) is 0 Å². The first-order chi connectivity index (χ1) is 37.8. The van der Waals surface area contributed by atoms with Crippen molar-refractivity contribution in [1.29, 1.82) is 0 Å². The molecule has 0 aliphatic carbocycles. The standard InChI is InChI=1S/5C8H19NO2.C8H8O2.C4H4O4.C2H2O4/c5*1-2-3-4-9(5-7-10)6-8-11;9-8(10)6-7-4-2-1-3-5-7;5-3(6)1-2-4(7)8;3-1(4)2(5)6/h5*10-11H,2-8H2,1H3;1-5H,6H2,(H,9,10);1-2H,(H,5,6)(H,7,8);(H,3,4)(H,5,6)/b;;;;;;2-1+;. The van der Waals surface area contributed by atoms with Crippen LogP contribution in [0.25, 0.3) is 0 Å². The molecule has 1 aromatic rings. The Balaban J connectivity index is -0.000000151. The van der Waals surface area contributed by atoms with Gasteiger partial charge < -0.3 is 76.6 Å². The van der Waals surface area contributed by atoms with Crippen LogP contribution in [0.1, 0.15) is 104 Å². The van der Waals surface area contributed by atoms with Crippen molar-refractivity contribution in [3.8, 4) is 0 Å². The topological polar surface area (TPSA) is 405 Å². The number of benzene rings is 1. The van der Waals surface area contributed by atoms with E-state index in [1.165, 1.54) is 0 Å². The van der Waals surface area contributed by atoms with Crippen molar-refractivity contribution < 1.29 is 101 Å². The minimum absolute atomic E-state index is 0.112. The molecule has 0 aliphatic heterocycles. The summed E-state index contributed by atoms with van der Waals surface area (Å²) in [5, 5.41) is 125. The fourth-order valence-electron chi connectivity index (χ4n) is 5.91.